The van der Waals surface area contributed by atoms with Gasteiger partial charge in [0.05, 0.1) is 10.5 Å². The number of nitrogens with zero attached hydrogens (tertiary/aromatic N) is 2. The number of benzene rings is 1. The molecule has 6 nitrogen and oxygen atoms in total. The first-order valence-corrected chi connectivity index (χ1v) is 6.06. The van der Waals surface area contributed by atoms with Crippen LogP contribution in [-0.2, 0) is 0 Å². The van der Waals surface area contributed by atoms with Crippen LogP contribution in [0.1, 0.15) is 13.8 Å². The van der Waals surface area contributed by atoms with Crippen molar-refractivity contribution in [1.82, 2.24) is 4.90 Å². The van der Waals surface area contributed by atoms with Crippen molar-refractivity contribution < 1.29 is 14.8 Å². The van der Waals surface area contributed by atoms with Gasteiger partial charge >= 0.3 is 0 Å². The Labute approximate surface area is 112 Å². The number of rotatable bonds is 7. The van der Waals surface area contributed by atoms with Crippen molar-refractivity contribution >= 4 is 5.69 Å². The zero-order chi connectivity index (χ0) is 14.5. The topological polar surface area (TPSA) is 75.8 Å². The molecule has 0 saturated heterocycles. The van der Waals surface area contributed by atoms with Crippen LogP contribution in [0.25, 0.3) is 0 Å². The molecule has 0 saturated carbocycles. The van der Waals surface area contributed by atoms with E-state index >= 15 is 0 Å². The Morgan fingerprint density at radius 2 is 1.95 bits per heavy atom. The standard InChI is InChI=1S/C13H20N2O4/c1-13(2,16)10-14(3)8-9-19-12-6-4-11(5-7-12)15(17)18/h4-7,16H,8-10H2,1-3H3. The first-order valence-electron chi connectivity index (χ1n) is 6.06. The molecule has 0 atom stereocenters. The lowest BCUT2D eigenvalue weighted by atomic mass is 10.1. The van der Waals surface area contributed by atoms with Crippen LogP contribution in [-0.4, -0.2) is 47.3 Å². The van der Waals surface area contributed by atoms with Crippen molar-refractivity contribution in [2.45, 2.75) is 19.4 Å². The van der Waals surface area contributed by atoms with Gasteiger partial charge in [0.2, 0.25) is 0 Å². The van der Waals surface area contributed by atoms with Gasteiger partial charge < -0.3 is 14.7 Å². The van der Waals surface area contributed by atoms with E-state index in [0.717, 1.165) is 0 Å². The Kier molecular flexibility index (Phi) is 5.26. The van der Waals surface area contributed by atoms with E-state index in [0.29, 0.717) is 25.4 Å². The monoisotopic (exact) mass is 268 g/mol. The summed E-state index contributed by atoms with van der Waals surface area (Å²) < 4.78 is 5.48. The summed E-state index contributed by atoms with van der Waals surface area (Å²) in [5.41, 5.74) is -0.686. The Balaban J connectivity index is 2.35. The third-order valence-electron chi connectivity index (χ3n) is 2.45. The molecular weight excluding hydrogens is 248 g/mol. The lowest BCUT2D eigenvalue weighted by Gasteiger charge is -2.25. The molecule has 0 unspecified atom stereocenters. The highest BCUT2D eigenvalue weighted by atomic mass is 16.6. The zero-order valence-electron chi connectivity index (χ0n) is 11.5. The Bertz CT molecular complexity index is 412. The van der Waals surface area contributed by atoms with E-state index in [9.17, 15) is 15.2 Å². The van der Waals surface area contributed by atoms with Crippen LogP contribution >= 0.6 is 0 Å². The quantitative estimate of drug-likeness (QED) is 0.601. The molecule has 1 aromatic carbocycles. The third kappa shape index (κ3) is 6.17. The fourth-order valence-corrected chi connectivity index (χ4v) is 1.72. The van der Waals surface area contributed by atoms with Crippen molar-refractivity contribution in [3.8, 4) is 5.75 Å². The third-order valence-corrected chi connectivity index (χ3v) is 2.45. The summed E-state index contributed by atoms with van der Waals surface area (Å²) >= 11 is 0. The van der Waals surface area contributed by atoms with Gasteiger partial charge in [0.15, 0.2) is 0 Å². The van der Waals surface area contributed by atoms with E-state index < -0.39 is 10.5 Å². The number of ether oxygens (including phenoxy) is 1. The summed E-state index contributed by atoms with van der Waals surface area (Å²) in [6.45, 7) is 5.18. The predicted molar refractivity (Wildman–Crippen MR) is 72.4 cm³/mol. The Morgan fingerprint density at radius 1 is 1.37 bits per heavy atom. The molecule has 0 aliphatic heterocycles. The average Bonchev–Trinajstić information content (AvgIpc) is 2.27. The fraction of sp³-hybridized carbons (Fsp3) is 0.538. The van der Waals surface area contributed by atoms with Gasteiger partial charge in [-0.15, -0.1) is 0 Å². The average molecular weight is 268 g/mol. The predicted octanol–water partition coefficient (Wildman–Crippen LogP) is 1.68. The molecule has 1 aromatic rings. The minimum Gasteiger partial charge on any atom is -0.492 e. The van der Waals surface area contributed by atoms with Crippen molar-refractivity contribution in [3.63, 3.8) is 0 Å². The Hall–Kier alpha value is -1.66. The van der Waals surface area contributed by atoms with Crippen LogP contribution in [0.5, 0.6) is 5.75 Å². The fourth-order valence-electron chi connectivity index (χ4n) is 1.72. The molecule has 1 N–H and O–H groups in total. The number of non-ortho nitro benzene ring substituents is 1. The highest BCUT2D eigenvalue weighted by Gasteiger charge is 2.15. The lowest BCUT2D eigenvalue weighted by Crippen LogP contribution is -2.38. The van der Waals surface area contributed by atoms with Gasteiger partial charge in [0.25, 0.3) is 5.69 Å². The van der Waals surface area contributed by atoms with Crippen LogP contribution in [0, 0.1) is 10.1 Å². The maximum absolute atomic E-state index is 10.5. The maximum Gasteiger partial charge on any atom is 0.269 e. The second kappa shape index (κ2) is 6.49. The second-order valence-corrected chi connectivity index (χ2v) is 5.15. The molecule has 0 aliphatic rings. The van der Waals surface area contributed by atoms with Crippen molar-refractivity contribution in [2.75, 3.05) is 26.7 Å². The first-order chi connectivity index (χ1) is 8.78. The van der Waals surface area contributed by atoms with Gasteiger partial charge in [0, 0.05) is 25.2 Å². The number of likely N-dealkylation sites (N-methyl/N-ethyl adjacent to an activating group) is 1. The number of hydrogen-bond acceptors (Lipinski definition) is 5. The normalized spacial score (nSPS) is 11.6. The van der Waals surface area contributed by atoms with E-state index in [1.165, 1.54) is 12.1 Å². The first kappa shape index (κ1) is 15.4. The van der Waals surface area contributed by atoms with Gasteiger partial charge in [-0.05, 0) is 33.0 Å². The van der Waals surface area contributed by atoms with Gasteiger partial charge in [0.1, 0.15) is 12.4 Å². The van der Waals surface area contributed by atoms with Crippen molar-refractivity contribution in [1.29, 1.82) is 0 Å². The molecule has 0 aliphatic carbocycles. The molecule has 0 radical (unpaired) electrons. The van der Waals surface area contributed by atoms with Gasteiger partial charge in [-0.3, -0.25) is 10.1 Å². The highest BCUT2D eigenvalue weighted by molar-refractivity contribution is 5.35. The van der Waals surface area contributed by atoms with E-state index in [2.05, 4.69) is 0 Å². The SMILES string of the molecule is CN(CCOc1ccc([N+](=O)[O-])cc1)CC(C)(C)O. The largest absolute Gasteiger partial charge is 0.492 e. The minimum absolute atomic E-state index is 0.0477. The summed E-state index contributed by atoms with van der Waals surface area (Å²) in [5, 5.41) is 20.1. The summed E-state index contributed by atoms with van der Waals surface area (Å²) in [6.07, 6.45) is 0. The zero-order valence-corrected chi connectivity index (χ0v) is 11.5. The summed E-state index contributed by atoms with van der Waals surface area (Å²) in [5.74, 6) is 0.599. The summed E-state index contributed by atoms with van der Waals surface area (Å²) in [6, 6.07) is 5.98. The highest BCUT2D eigenvalue weighted by Crippen LogP contribution is 2.17. The van der Waals surface area contributed by atoms with Crippen LogP contribution < -0.4 is 4.74 Å². The minimum atomic E-state index is -0.734. The molecule has 106 valence electrons. The van der Waals surface area contributed by atoms with E-state index in [-0.39, 0.29) is 5.69 Å². The Morgan fingerprint density at radius 3 is 2.42 bits per heavy atom. The molecule has 1 rings (SSSR count). The lowest BCUT2D eigenvalue weighted by molar-refractivity contribution is -0.384. The molecule has 0 fully saturated rings. The smallest absolute Gasteiger partial charge is 0.269 e. The molecule has 0 aromatic heterocycles. The molecule has 0 amide bonds. The molecule has 6 heteroatoms. The van der Waals surface area contributed by atoms with E-state index in [1.807, 2.05) is 11.9 Å². The molecule has 0 spiro atoms. The maximum atomic E-state index is 10.5. The number of aliphatic hydroxyl groups is 1. The number of hydrogen-bond donors (Lipinski definition) is 1. The molecule has 0 bridgehead atoms. The van der Waals surface area contributed by atoms with Crippen LogP contribution in [0.3, 0.4) is 0 Å². The van der Waals surface area contributed by atoms with Crippen LogP contribution in [0.2, 0.25) is 0 Å². The van der Waals surface area contributed by atoms with Gasteiger partial charge in [-0.1, -0.05) is 0 Å². The van der Waals surface area contributed by atoms with Crippen molar-refractivity contribution in [2.24, 2.45) is 0 Å². The van der Waals surface area contributed by atoms with Crippen molar-refractivity contribution in [3.05, 3.63) is 34.4 Å². The van der Waals surface area contributed by atoms with E-state index in [1.54, 1.807) is 26.0 Å². The summed E-state index contributed by atoms with van der Waals surface area (Å²) in [7, 11) is 1.90. The second-order valence-electron chi connectivity index (χ2n) is 5.15. The van der Waals surface area contributed by atoms with Gasteiger partial charge in [-0.25, -0.2) is 0 Å². The molecule has 19 heavy (non-hydrogen) atoms. The summed E-state index contributed by atoms with van der Waals surface area (Å²) in [4.78, 5) is 12.0. The van der Waals surface area contributed by atoms with Gasteiger partial charge in [-0.2, -0.15) is 0 Å². The van der Waals surface area contributed by atoms with E-state index in [4.69, 9.17) is 4.74 Å². The molecule has 0 heterocycles. The number of nitro groups is 1. The number of nitro benzene ring substituents is 1. The van der Waals surface area contributed by atoms with Crippen LogP contribution in [0.4, 0.5) is 5.69 Å². The molecular formula is C13H20N2O4. The van der Waals surface area contributed by atoms with Crippen LogP contribution in [0.15, 0.2) is 24.3 Å².